The summed E-state index contributed by atoms with van der Waals surface area (Å²) in [4.78, 5) is 72.1. The fourth-order valence-corrected chi connectivity index (χ4v) is 6.60. The zero-order valence-electron chi connectivity index (χ0n) is 24.1. The highest BCUT2D eigenvalue weighted by Crippen LogP contribution is 2.59. The summed E-state index contributed by atoms with van der Waals surface area (Å²) in [5.41, 5.74) is -2.58. The standard InChI is InChI=1S/C33H32N2O8/c1-4-43-29(38)27-26(28(37)22-15-9-6-10-16-22)33(32(34-27,31(40)42-3)19-25(36)41-2)23-17-11-12-18-24(23)35(30(33)39)20-21-13-7-5-8-14-21/h5-18,26-27,34H,4,19-20H2,1-3H3/t26-,27-,32-,33+/m1/s1. The Morgan fingerprint density at radius 3 is 2.12 bits per heavy atom. The van der Waals surface area contributed by atoms with E-state index >= 15 is 4.79 Å². The minimum Gasteiger partial charge on any atom is -0.469 e. The molecule has 10 nitrogen and oxygen atoms in total. The molecule has 43 heavy (non-hydrogen) atoms. The third-order valence-electron chi connectivity index (χ3n) is 8.31. The predicted octanol–water partition coefficient (Wildman–Crippen LogP) is 2.98. The van der Waals surface area contributed by atoms with Crippen LogP contribution in [-0.4, -0.2) is 62.0 Å². The van der Waals surface area contributed by atoms with Gasteiger partial charge in [0, 0.05) is 11.3 Å². The van der Waals surface area contributed by atoms with Crippen molar-refractivity contribution in [3.8, 4) is 0 Å². The SMILES string of the molecule is CCOC(=O)[C@@H]1N[C@](CC(=O)OC)(C(=O)OC)[C@]2(C(=O)N(Cc3ccccc3)c3ccccc32)[C@H]1C(=O)c1ccccc1. The van der Waals surface area contributed by atoms with Crippen molar-refractivity contribution in [2.24, 2.45) is 5.92 Å². The quantitative estimate of drug-likeness (QED) is 0.229. The molecular formula is C33H32N2O8. The van der Waals surface area contributed by atoms with Crippen LogP contribution in [-0.2, 0) is 45.3 Å². The maximum Gasteiger partial charge on any atom is 0.328 e. The lowest BCUT2D eigenvalue weighted by Crippen LogP contribution is -2.67. The molecule has 1 N–H and O–H groups in total. The molecule has 1 spiro atoms. The van der Waals surface area contributed by atoms with Crippen LogP contribution in [0.4, 0.5) is 5.69 Å². The number of methoxy groups -OCH3 is 2. The van der Waals surface area contributed by atoms with Crippen molar-refractivity contribution < 1.29 is 38.2 Å². The first-order valence-corrected chi connectivity index (χ1v) is 13.9. The van der Waals surface area contributed by atoms with Gasteiger partial charge in [-0.25, -0.2) is 4.79 Å². The Morgan fingerprint density at radius 1 is 0.860 bits per heavy atom. The molecule has 0 unspecified atom stereocenters. The van der Waals surface area contributed by atoms with E-state index in [9.17, 15) is 19.2 Å². The molecule has 2 aliphatic rings. The number of rotatable bonds is 9. The molecule has 1 fully saturated rings. The van der Waals surface area contributed by atoms with E-state index in [-0.39, 0.29) is 18.7 Å². The number of carbonyl (C=O) groups is 5. The number of esters is 3. The van der Waals surface area contributed by atoms with Crippen molar-refractivity contribution in [3.05, 3.63) is 102 Å². The van der Waals surface area contributed by atoms with E-state index in [0.29, 0.717) is 11.3 Å². The third-order valence-corrected chi connectivity index (χ3v) is 8.31. The summed E-state index contributed by atoms with van der Waals surface area (Å²) in [6, 6.07) is 22.7. The van der Waals surface area contributed by atoms with E-state index in [2.05, 4.69) is 5.32 Å². The van der Waals surface area contributed by atoms with E-state index in [1.54, 1.807) is 61.5 Å². The highest BCUT2D eigenvalue weighted by molar-refractivity contribution is 6.19. The summed E-state index contributed by atoms with van der Waals surface area (Å²) in [5.74, 6) is -5.42. The Balaban J connectivity index is 1.86. The van der Waals surface area contributed by atoms with Crippen LogP contribution in [0.1, 0.15) is 34.8 Å². The highest BCUT2D eigenvalue weighted by atomic mass is 16.5. The number of hydrogen-bond acceptors (Lipinski definition) is 9. The van der Waals surface area contributed by atoms with E-state index in [1.165, 1.54) is 4.90 Å². The fourth-order valence-electron chi connectivity index (χ4n) is 6.60. The Morgan fingerprint density at radius 2 is 1.49 bits per heavy atom. The zero-order chi connectivity index (χ0) is 30.8. The van der Waals surface area contributed by atoms with Crippen molar-refractivity contribution in [2.45, 2.75) is 36.9 Å². The third kappa shape index (κ3) is 4.58. The molecule has 5 rings (SSSR count). The molecule has 0 radical (unpaired) electrons. The van der Waals surface area contributed by atoms with Gasteiger partial charge in [-0.3, -0.25) is 24.5 Å². The van der Waals surface area contributed by atoms with E-state index in [4.69, 9.17) is 14.2 Å². The Labute approximate surface area is 248 Å². The van der Waals surface area contributed by atoms with Crippen LogP contribution in [0.25, 0.3) is 0 Å². The summed E-state index contributed by atoms with van der Waals surface area (Å²) >= 11 is 0. The van der Waals surface area contributed by atoms with Gasteiger partial charge in [-0.1, -0.05) is 78.9 Å². The van der Waals surface area contributed by atoms with Gasteiger partial charge < -0.3 is 19.1 Å². The topological polar surface area (TPSA) is 128 Å². The smallest absolute Gasteiger partial charge is 0.328 e. The molecule has 222 valence electrons. The van der Waals surface area contributed by atoms with Gasteiger partial charge in [0.25, 0.3) is 0 Å². The molecule has 2 heterocycles. The van der Waals surface area contributed by atoms with Crippen molar-refractivity contribution in [1.82, 2.24) is 5.32 Å². The summed E-state index contributed by atoms with van der Waals surface area (Å²) in [6.07, 6.45) is -0.704. The van der Waals surface area contributed by atoms with Gasteiger partial charge in [-0.15, -0.1) is 0 Å². The van der Waals surface area contributed by atoms with E-state index in [0.717, 1.165) is 19.8 Å². The van der Waals surface area contributed by atoms with Gasteiger partial charge >= 0.3 is 17.9 Å². The van der Waals surface area contributed by atoms with Crippen LogP contribution in [0, 0.1) is 5.92 Å². The molecule has 2 aliphatic heterocycles. The van der Waals surface area contributed by atoms with Crippen LogP contribution in [0.3, 0.4) is 0 Å². The van der Waals surface area contributed by atoms with Crippen molar-refractivity contribution in [3.63, 3.8) is 0 Å². The number of hydrogen-bond donors (Lipinski definition) is 1. The minimum atomic E-state index is -2.22. The molecule has 0 aromatic heterocycles. The maximum absolute atomic E-state index is 15.2. The van der Waals surface area contributed by atoms with Gasteiger partial charge in [0.15, 0.2) is 5.78 Å². The largest absolute Gasteiger partial charge is 0.469 e. The Bertz CT molecular complexity index is 1560. The molecule has 10 heteroatoms. The van der Waals surface area contributed by atoms with Gasteiger partial charge in [0.2, 0.25) is 5.91 Å². The number of benzene rings is 3. The highest BCUT2D eigenvalue weighted by Gasteiger charge is 2.79. The van der Waals surface area contributed by atoms with Gasteiger partial charge in [0.1, 0.15) is 17.0 Å². The fraction of sp³-hybridized carbons (Fsp3) is 0.303. The van der Waals surface area contributed by atoms with Crippen molar-refractivity contribution in [2.75, 3.05) is 25.7 Å². The van der Waals surface area contributed by atoms with Crippen LogP contribution in [0.5, 0.6) is 0 Å². The Kier molecular flexibility index (Phi) is 8.14. The average molecular weight is 585 g/mol. The molecule has 0 saturated carbocycles. The first-order valence-electron chi connectivity index (χ1n) is 13.9. The number of carbonyl (C=O) groups excluding carboxylic acids is 5. The second kappa shape index (κ2) is 11.8. The average Bonchev–Trinajstić information content (AvgIpc) is 3.48. The van der Waals surface area contributed by atoms with Crippen molar-refractivity contribution in [1.29, 1.82) is 0 Å². The molecule has 0 aliphatic carbocycles. The molecule has 3 aromatic carbocycles. The first-order chi connectivity index (χ1) is 20.8. The summed E-state index contributed by atoms with van der Waals surface area (Å²) in [7, 11) is 2.27. The lowest BCUT2D eigenvalue weighted by Gasteiger charge is -2.41. The molecule has 0 bridgehead atoms. The van der Waals surface area contributed by atoms with Crippen LogP contribution < -0.4 is 10.2 Å². The molecule has 3 aromatic rings. The van der Waals surface area contributed by atoms with Gasteiger partial charge in [-0.2, -0.15) is 0 Å². The van der Waals surface area contributed by atoms with Gasteiger partial charge in [0.05, 0.1) is 39.7 Å². The van der Waals surface area contributed by atoms with Crippen LogP contribution in [0.15, 0.2) is 84.9 Å². The second-order valence-corrected chi connectivity index (χ2v) is 10.4. The minimum absolute atomic E-state index is 0.0247. The monoisotopic (exact) mass is 584 g/mol. The number of Topliss-reactive ketones (excluding diaryl/α,β-unsaturated/α-hetero) is 1. The van der Waals surface area contributed by atoms with Crippen LogP contribution >= 0.6 is 0 Å². The predicted molar refractivity (Wildman–Crippen MR) is 155 cm³/mol. The number of nitrogens with one attached hydrogen (secondary N) is 1. The summed E-state index contributed by atoms with van der Waals surface area (Å²) < 4.78 is 15.6. The van der Waals surface area contributed by atoms with E-state index in [1.807, 2.05) is 30.3 Å². The molecule has 1 amide bonds. The molecular weight excluding hydrogens is 552 g/mol. The number of ether oxygens (including phenoxy) is 3. The normalized spacial score (nSPS) is 24.0. The zero-order valence-corrected chi connectivity index (χ0v) is 24.1. The molecule has 4 atom stereocenters. The number of fused-ring (bicyclic) bond motifs is 2. The van der Waals surface area contributed by atoms with Crippen molar-refractivity contribution >= 4 is 35.3 Å². The summed E-state index contributed by atoms with van der Waals surface area (Å²) in [5, 5.41) is 2.98. The number of amides is 1. The first kappa shape index (κ1) is 29.7. The number of anilines is 1. The van der Waals surface area contributed by atoms with Crippen LogP contribution in [0.2, 0.25) is 0 Å². The number of para-hydroxylation sites is 1. The number of ketones is 1. The lowest BCUT2D eigenvalue weighted by molar-refractivity contribution is -0.160. The summed E-state index contributed by atoms with van der Waals surface area (Å²) in [6.45, 7) is 1.68. The van der Waals surface area contributed by atoms with Gasteiger partial charge in [-0.05, 0) is 24.1 Å². The molecule has 1 saturated heterocycles. The Hall–Kier alpha value is -4.83. The number of nitrogens with zero attached hydrogens (tertiary/aromatic N) is 1. The maximum atomic E-state index is 15.2. The lowest BCUT2D eigenvalue weighted by atomic mass is 9.58. The second-order valence-electron chi connectivity index (χ2n) is 10.4. The van der Waals surface area contributed by atoms with E-state index < -0.39 is 58.9 Å².